The molecule has 0 bridgehead atoms. The largest absolute Gasteiger partial charge is 0.309 e. The van der Waals surface area contributed by atoms with Crippen molar-refractivity contribution in [3.05, 3.63) is 261 Å². The minimum atomic E-state index is 0.536. The van der Waals surface area contributed by atoms with E-state index in [1.807, 2.05) is 18.2 Å². The summed E-state index contributed by atoms with van der Waals surface area (Å²) < 4.78 is 9.48. The van der Waals surface area contributed by atoms with Crippen LogP contribution in [0.1, 0.15) is 0 Å². The van der Waals surface area contributed by atoms with Gasteiger partial charge in [0.1, 0.15) is 0 Å². The van der Waals surface area contributed by atoms with Gasteiger partial charge >= 0.3 is 0 Å². The Morgan fingerprint density at radius 1 is 0.211 bits per heavy atom. The molecule has 76 heavy (non-hydrogen) atoms. The van der Waals surface area contributed by atoms with Crippen LogP contribution in [0.5, 0.6) is 0 Å². The molecule has 0 unspecified atom stereocenters. The van der Waals surface area contributed by atoms with Crippen LogP contribution in [0, 0.1) is 0 Å². The summed E-state index contributed by atoms with van der Waals surface area (Å²) in [6.07, 6.45) is 0. The van der Waals surface area contributed by atoms with Crippen LogP contribution in [0.25, 0.3) is 144 Å². The van der Waals surface area contributed by atoms with Crippen LogP contribution in [0.4, 0.5) is 0 Å². The first-order valence-electron chi connectivity index (χ1n) is 25.8. The SMILES string of the molecule is c1ccc(-c2ccc(-n3c4ccc(-n5c6ccccc6c6ccccc65)cc4c4ccc5c6ccccc6n(-c6nc(-c7ccccc7)nc(-c7ccc8c9ccccc9n(-c9ccccc9)c8c7)n6)c5c43)cc2)cc1. The molecule has 0 amide bonds. The zero-order valence-electron chi connectivity index (χ0n) is 41.0. The van der Waals surface area contributed by atoms with Gasteiger partial charge in [0, 0.05) is 71.3 Å². The molecule has 0 aliphatic carbocycles. The molecule has 16 rings (SSSR count). The van der Waals surface area contributed by atoms with E-state index in [4.69, 9.17) is 15.0 Å². The lowest BCUT2D eigenvalue weighted by molar-refractivity contribution is 0.953. The minimum absolute atomic E-state index is 0.536. The fraction of sp³-hybridized carbons (Fsp3) is 0. The average molecular weight is 970 g/mol. The molecule has 0 saturated heterocycles. The van der Waals surface area contributed by atoms with E-state index in [1.165, 1.54) is 32.8 Å². The van der Waals surface area contributed by atoms with Crippen molar-refractivity contribution in [3.8, 4) is 56.9 Å². The van der Waals surface area contributed by atoms with E-state index in [-0.39, 0.29) is 0 Å². The Hall–Kier alpha value is -10.4. The van der Waals surface area contributed by atoms with E-state index in [2.05, 4.69) is 261 Å². The molecule has 11 aromatic carbocycles. The van der Waals surface area contributed by atoms with Gasteiger partial charge in [-0.2, -0.15) is 9.97 Å². The number of para-hydroxylation sites is 5. The van der Waals surface area contributed by atoms with E-state index >= 15 is 0 Å². The molecular weight excluding hydrogens is 927 g/mol. The zero-order chi connectivity index (χ0) is 49.8. The Bertz CT molecular complexity index is 4910. The van der Waals surface area contributed by atoms with Crippen LogP contribution in [-0.2, 0) is 0 Å². The lowest BCUT2D eigenvalue weighted by Gasteiger charge is -2.14. The fourth-order valence-electron chi connectivity index (χ4n) is 12.1. The fourth-order valence-corrected chi connectivity index (χ4v) is 12.1. The van der Waals surface area contributed by atoms with Crippen LogP contribution in [0.3, 0.4) is 0 Å². The molecular formula is C69H43N7. The van der Waals surface area contributed by atoms with Gasteiger partial charge in [0.2, 0.25) is 5.95 Å². The Morgan fingerprint density at radius 3 is 1.22 bits per heavy atom. The highest BCUT2D eigenvalue weighted by Crippen LogP contribution is 2.44. The number of aromatic nitrogens is 7. The molecule has 0 spiro atoms. The quantitative estimate of drug-likeness (QED) is 0.160. The van der Waals surface area contributed by atoms with Crippen LogP contribution in [0.2, 0.25) is 0 Å². The highest BCUT2D eigenvalue weighted by Gasteiger charge is 2.25. The van der Waals surface area contributed by atoms with Crippen molar-refractivity contribution in [1.29, 1.82) is 0 Å². The second kappa shape index (κ2) is 16.6. The molecule has 0 N–H and O–H groups in total. The van der Waals surface area contributed by atoms with Gasteiger partial charge in [0.15, 0.2) is 11.6 Å². The van der Waals surface area contributed by atoms with Gasteiger partial charge < -0.3 is 13.7 Å². The van der Waals surface area contributed by atoms with Crippen molar-refractivity contribution in [1.82, 2.24) is 33.2 Å². The van der Waals surface area contributed by atoms with Crippen LogP contribution in [-0.4, -0.2) is 33.2 Å². The normalized spacial score (nSPS) is 11.9. The predicted octanol–water partition coefficient (Wildman–Crippen LogP) is 17.3. The smallest absolute Gasteiger partial charge is 0.238 e. The van der Waals surface area contributed by atoms with Crippen LogP contribution >= 0.6 is 0 Å². The molecule has 7 nitrogen and oxygen atoms in total. The topological polar surface area (TPSA) is 58.4 Å². The molecule has 5 heterocycles. The van der Waals surface area contributed by atoms with Gasteiger partial charge in [0.05, 0.1) is 44.1 Å². The first kappa shape index (κ1) is 42.2. The second-order valence-electron chi connectivity index (χ2n) is 19.6. The molecule has 0 saturated carbocycles. The van der Waals surface area contributed by atoms with E-state index in [9.17, 15) is 0 Å². The van der Waals surface area contributed by atoms with Crippen molar-refractivity contribution >= 4 is 87.2 Å². The first-order valence-corrected chi connectivity index (χ1v) is 25.8. The molecule has 0 fully saturated rings. The molecule has 16 aromatic rings. The number of nitrogens with zero attached hydrogens (tertiary/aromatic N) is 7. The van der Waals surface area contributed by atoms with E-state index in [1.54, 1.807) is 0 Å². The highest BCUT2D eigenvalue weighted by atomic mass is 15.2. The lowest BCUT2D eigenvalue weighted by Crippen LogP contribution is -2.07. The van der Waals surface area contributed by atoms with Crippen molar-refractivity contribution < 1.29 is 0 Å². The number of fused-ring (bicyclic) bond motifs is 13. The number of hydrogen-bond acceptors (Lipinski definition) is 3. The second-order valence-corrected chi connectivity index (χ2v) is 19.6. The Kier molecular flexibility index (Phi) is 9.20. The maximum Gasteiger partial charge on any atom is 0.238 e. The zero-order valence-corrected chi connectivity index (χ0v) is 41.0. The minimum Gasteiger partial charge on any atom is -0.309 e. The molecule has 0 aliphatic rings. The summed E-state index contributed by atoms with van der Waals surface area (Å²) in [4.78, 5) is 16.4. The summed E-state index contributed by atoms with van der Waals surface area (Å²) in [6.45, 7) is 0. The Balaban J connectivity index is 0.997. The lowest BCUT2D eigenvalue weighted by atomic mass is 10.1. The summed E-state index contributed by atoms with van der Waals surface area (Å²) in [5, 5.41) is 9.30. The van der Waals surface area contributed by atoms with E-state index < -0.39 is 0 Å². The number of rotatable bonds is 7. The van der Waals surface area contributed by atoms with Gasteiger partial charge in [-0.3, -0.25) is 4.57 Å². The van der Waals surface area contributed by atoms with Crippen LogP contribution < -0.4 is 0 Å². The third-order valence-corrected chi connectivity index (χ3v) is 15.4. The highest BCUT2D eigenvalue weighted by molar-refractivity contribution is 6.24. The van der Waals surface area contributed by atoms with Crippen molar-refractivity contribution in [3.63, 3.8) is 0 Å². The van der Waals surface area contributed by atoms with Crippen molar-refractivity contribution in [2.24, 2.45) is 0 Å². The van der Waals surface area contributed by atoms with Crippen molar-refractivity contribution in [2.75, 3.05) is 0 Å². The molecule has 0 radical (unpaired) electrons. The van der Waals surface area contributed by atoms with Crippen molar-refractivity contribution in [2.45, 2.75) is 0 Å². The third kappa shape index (κ3) is 6.33. The van der Waals surface area contributed by atoms with Gasteiger partial charge in [-0.05, 0) is 83.9 Å². The monoisotopic (exact) mass is 969 g/mol. The van der Waals surface area contributed by atoms with E-state index in [0.29, 0.717) is 17.6 Å². The Labute approximate surface area is 436 Å². The number of benzene rings is 11. The summed E-state index contributed by atoms with van der Waals surface area (Å²) in [5.74, 6) is 1.71. The molecule has 5 aromatic heterocycles. The van der Waals surface area contributed by atoms with E-state index in [0.717, 1.165) is 93.8 Å². The Morgan fingerprint density at radius 2 is 0.605 bits per heavy atom. The standard InChI is InChI=1S/C69H43N7/c1-4-18-44(19-5-1)45-32-35-49(36-33-45)75-63-41-37-50(74-60-29-15-10-24-51(60)52-25-11-16-30-61(52)74)43-58(63)57-40-39-56-54-27-13-17-31-62(54)76(66(56)65(57)75)69-71-67(46-20-6-2-7-21-46)70-68(72-69)47-34-38-55-53-26-12-14-28-59(53)73(64(55)42-47)48-22-8-3-9-23-48/h1-43H. The van der Waals surface area contributed by atoms with Crippen LogP contribution in [0.15, 0.2) is 261 Å². The number of hydrogen-bond donors (Lipinski definition) is 0. The maximum absolute atomic E-state index is 5.57. The molecule has 7 heteroatoms. The summed E-state index contributed by atoms with van der Waals surface area (Å²) >= 11 is 0. The molecule has 0 aliphatic heterocycles. The van der Waals surface area contributed by atoms with Gasteiger partial charge in [-0.25, -0.2) is 4.98 Å². The predicted molar refractivity (Wildman–Crippen MR) is 313 cm³/mol. The maximum atomic E-state index is 5.57. The molecule has 0 atom stereocenters. The van der Waals surface area contributed by atoms with Gasteiger partial charge in [-0.1, -0.05) is 188 Å². The molecule has 354 valence electrons. The first-order chi connectivity index (χ1) is 37.7. The summed E-state index contributed by atoms with van der Waals surface area (Å²) in [6, 6.07) is 93.4. The average Bonchev–Trinajstić information content (AvgIpc) is 4.38. The van der Waals surface area contributed by atoms with Gasteiger partial charge in [-0.15, -0.1) is 0 Å². The summed E-state index contributed by atoms with van der Waals surface area (Å²) in [5.41, 5.74) is 16.1. The van der Waals surface area contributed by atoms with Gasteiger partial charge in [0.25, 0.3) is 0 Å². The third-order valence-electron chi connectivity index (χ3n) is 15.4. The summed E-state index contributed by atoms with van der Waals surface area (Å²) in [7, 11) is 0.